The molecule has 2 aromatic carbocycles. The lowest BCUT2D eigenvalue weighted by atomic mass is 9.86. The fourth-order valence-electron chi connectivity index (χ4n) is 2.02. The molecule has 0 aliphatic heterocycles. The summed E-state index contributed by atoms with van der Waals surface area (Å²) < 4.78 is 0.969. The zero-order valence-corrected chi connectivity index (χ0v) is 13.1. The molecule has 2 aromatic rings. The van der Waals surface area contributed by atoms with Gasteiger partial charge < -0.3 is 11.1 Å². The van der Waals surface area contributed by atoms with E-state index < -0.39 is 0 Å². The van der Waals surface area contributed by atoms with E-state index in [9.17, 15) is 0 Å². The SMILES string of the molecule is CC(C)(C)c1ccccc1Nc1ccc(N)cc1Br. The predicted octanol–water partition coefficient (Wildman–Crippen LogP) is 5.07. The second-order valence-corrected chi connectivity index (χ2v) is 6.51. The van der Waals surface area contributed by atoms with Crippen molar-refractivity contribution in [3.05, 3.63) is 52.5 Å². The topological polar surface area (TPSA) is 38.0 Å². The smallest absolute Gasteiger partial charge is 0.0530 e. The zero-order valence-electron chi connectivity index (χ0n) is 11.5. The number of rotatable bonds is 2. The van der Waals surface area contributed by atoms with Gasteiger partial charge in [-0.15, -0.1) is 0 Å². The first-order valence-corrected chi connectivity index (χ1v) is 7.09. The maximum absolute atomic E-state index is 5.76. The average Bonchev–Trinajstić information content (AvgIpc) is 2.32. The molecule has 0 aromatic heterocycles. The van der Waals surface area contributed by atoms with Crippen molar-refractivity contribution in [1.82, 2.24) is 0 Å². The third-order valence-electron chi connectivity index (χ3n) is 3.00. The fraction of sp³-hybridized carbons (Fsp3) is 0.250. The molecule has 100 valence electrons. The van der Waals surface area contributed by atoms with E-state index in [-0.39, 0.29) is 5.41 Å². The van der Waals surface area contributed by atoms with Crippen LogP contribution < -0.4 is 11.1 Å². The van der Waals surface area contributed by atoms with E-state index in [0.29, 0.717) is 0 Å². The summed E-state index contributed by atoms with van der Waals surface area (Å²) >= 11 is 3.54. The number of benzene rings is 2. The van der Waals surface area contributed by atoms with Gasteiger partial charge in [0.1, 0.15) is 0 Å². The second-order valence-electron chi connectivity index (χ2n) is 5.66. The van der Waals surface area contributed by atoms with Crippen LogP contribution in [0.3, 0.4) is 0 Å². The number of hydrogen-bond acceptors (Lipinski definition) is 2. The summed E-state index contributed by atoms with van der Waals surface area (Å²) in [6.07, 6.45) is 0. The molecule has 0 fully saturated rings. The molecule has 0 amide bonds. The Bertz CT molecular complexity index is 586. The van der Waals surface area contributed by atoms with Crippen LogP contribution in [-0.4, -0.2) is 0 Å². The highest BCUT2D eigenvalue weighted by atomic mass is 79.9. The highest BCUT2D eigenvalue weighted by Gasteiger charge is 2.17. The Balaban J connectivity index is 2.39. The van der Waals surface area contributed by atoms with Gasteiger partial charge in [-0.3, -0.25) is 0 Å². The van der Waals surface area contributed by atoms with Crippen LogP contribution in [0.1, 0.15) is 26.3 Å². The Kier molecular flexibility index (Phi) is 3.85. The molecule has 0 bridgehead atoms. The molecule has 0 unspecified atom stereocenters. The van der Waals surface area contributed by atoms with E-state index in [2.05, 4.69) is 60.2 Å². The van der Waals surface area contributed by atoms with Gasteiger partial charge in [0, 0.05) is 15.8 Å². The van der Waals surface area contributed by atoms with Crippen molar-refractivity contribution >= 4 is 33.0 Å². The number of hydrogen-bond donors (Lipinski definition) is 2. The van der Waals surface area contributed by atoms with Crippen molar-refractivity contribution in [1.29, 1.82) is 0 Å². The van der Waals surface area contributed by atoms with Crippen LogP contribution in [0.15, 0.2) is 46.9 Å². The molecule has 3 heteroatoms. The van der Waals surface area contributed by atoms with Crippen molar-refractivity contribution in [2.24, 2.45) is 0 Å². The van der Waals surface area contributed by atoms with Gasteiger partial charge >= 0.3 is 0 Å². The third kappa shape index (κ3) is 3.29. The number of halogens is 1. The standard InChI is InChI=1S/C16H19BrN2/c1-16(2,3)12-6-4-5-7-14(12)19-15-9-8-11(18)10-13(15)17/h4-10,19H,18H2,1-3H3. The second kappa shape index (κ2) is 5.25. The zero-order chi connectivity index (χ0) is 14.0. The molecule has 2 nitrogen and oxygen atoms in total. The summed E-state index contributed by atoms with van der Waals surface area (Å²) in [6.45, 7) is 6.64. The van der Waals surface area contributed by atoms with Crippen molar-refractivity contribution in [3.8, 4) is 0 Å². The average molecular weight is 319 g/mol. The molecule has 19 heavy (non-hydrogen) atoms. The number of anilines is 3. The summed E-state index contributed by atoms with van der Waals surface area (Å²) in [7, 11) is 0. The molecule has 3 N–H and O–H groups in total. The highest BCUT2D eigenvalue weighted by Crippen LogP contribution is 2.33. The Morgan fingerprint density at radius 1 is 1.00 bits per heavy atom. The maximum Gasteiger partial charge on any atom is 0.0530 e. The summed E-state index contributed by atoms with van der Waals surface area (Å²) in [5.41, 5.74) is 10.1. The van der Waals surface area contributed by atoms with Gasteiger partial charge in [0.25, 0.3) is 0 Å². The minimum Gasteiger partial charge on any atom is -0.399 e. The molecule has 0 radical (unpaired) electrons. The van der Waals surface area contributed by atoms with Gasteiger partial charge in [0.15, 0.2) is 0 Å². The maximum atomic E-state index is 5.76. The van der Waals surface area contributed by atoms with Crippen LogP contribution in [0.5, 0.6) is 0 Å². The van der Waals surface area contributed by atoms with E-state index in [1.807, 2.05) is 24.3 Å². The third-order valence-corrected chi connectivity index (χ3v) is 3.65. The van der Waals surface area contributed by atoms with Crippen molar-refractivity contribution < 1.29 is 0 Å². The van der Waals surface area contributed by atoms with Crippen LogP contribution in [0.2, 0.25) is 0 Å². The molecule has 0 atom stereocenters. The largest absolute Gasteiger partial charge is 0.399 e. The van der Waals surface area contributed by atoms with Gasteiger partial charge in [-0.2, -0.15) is 0 Å². The summed E-state index contributed by atoms with van der Waals surface area (Å²) in [5.74, 6) is 0. The Morgan fingerprint density at radius 3 is 2.32 bits per heavy atom. The van der Waals surface area contributed by atoms with Crippen LogP contribution in [0.4, 0.5) is 17.1 Å². The lowest BCUT2D eigenvalue weighted by Gasteiger charge is -2.23. The molecule has 2 rings (SSSR count). The van der Waals surface area contributed by atoms with Crippen LogP contribution in [-0.2, 0) is 5.41 Å². The van der Waals surface area contributed by atoms with Crippen molar-refractivity contribution in [2.45, 2.75) is 26.2 Å². The van der Waals surface area contributed by atoms with Gasteiger partial charge in [0.05, 0.1) is 5.69 Å². The molecule has 0 spiro atoms. The lowest BCUT2D eigenvalue weighted by Crippen LogP contribution is -2.13. The van der Waals surface area contributed by atoms with Crippen LogP contribution >= 0.6 is 15.9 Å². The molecule has 0 saturated heterocycles. The Hall–Kier alpha value is -1.48. The fourth-order valence-corrected chi connectivity index (χ4v) is 2.52. The number of nitrogens with one attached hydrogen (secondary N) is 1. The molecule has 0 aliphatic carbocycles. The number of nitrogen functional groups attached to an aromatic ring is 1. The van der Waals surface area contributed by atoms with Gasteiger partial charge in [-0.05, 0) is 51.2 Å². The van der Waals surface area contributed by atoms with E-state index >= 15 is 0 Å². The molecular formula is C16H19BrN2. The van der Waals surface area contributed by atoms with Gasteiger partial charge in [-0.25, -0.2) is 0 Å². The van der Waals surface area contributed by atoms with E-state index in [4.69, 9.17) is 5.73 Å². The Labute approximate surface area is 123 Å². The Morgan fingerprint density at radius 2 is 1.68 bits per heavy atom. The minimum atomic E-state index is 0.101. The molecule has 0 aliphatic rings. The first-order valence-electron chi connectivity index (χ1n) is 6.29. The summed E-state index contributed by atoms with van der Waals surface area (Å²) in [5, 5.41) is 3.47. The van der Waals surface area contributed by atoms with E-state index in [1.165, 1.54) is 5.56 Å². The number of nitrogens with two attached hydrogens (primary N) is 1. The summed E-state index contributed by atoms with van der Waals surface area (Å²) in [4.78, 5) is 0. The van der Waals surface area contributed by atoms with Crippen LogP contribution in [0.25, 0.3) is 0 Å². The minimum absolute atomic E-state index is 0.101. The van der Waals surface area contributed by atoms with E-state index in [0.717, 1.165) is 21.5 Å². The molecule has 0 heterocycles. The van der Waals surface area contributed by atoms with E-state index in [1.54, 1.807) is 0 Å². The van der Waals surface area contributed by atoms with Crippen molar-refractivity contribution in [3.63, 3.8) is 0 Å². The highest BCUT2D eigenvalue weighted by molar-refractivity contribution is 9.10. The monoisotopic (exact) mass is 318 g/mol. The van der Waals surface area contributed by atoms with Crippen molar-refractivity contribution in [2.75, 3.05) is 11.1 Å². The predicted molar refractivity (Wildman–Crippen MR) is 87.0 cm³/mol. The normalized spacial score (nSPS) is 11.4. The first kappa shape index (κ1) is 13.9. The quantitative estimate of drug-likeness (QED) is 0.758. The first-order chi connectivity index (χ1) is 8.88. The van der Waals surface area contributed by atoms with Crippen LogP contribution in [0, 0.1) is 0 Å². The number of para-hydroxylation sites is 1. The van der Waals surface area contributed by atoms with Gasteiger partial charge in [-0.1, -0.05) is 39.0 Å². The molecule has 0 saturated carbocycles. The van der Waals surface area contributed by atoms with Gasteiger partial charge in [0.2, 0.25) is 0 Å². The molecular weight excluding hydrogens is 300 g/mol. The lowest BCUT2D eigenvalue weighted by molar-refractivity contribution is 0.592. The summed E-state index contributed by atoms with van der Waals surface area (Å²) in [6, 6.07) is 14.2.